The van der Waals surface area contributed by atoms with Crippen LogP contribution in [0.3, 0.4) is 0 Å². The molecule has 1 aliphatic heterocycles. The molecule has 0 saturated carbocycles. The molecule has 1 heterocycles. The Morgan fingerprint density at radius 2 is 1.82 bits per heavy atom. The standard InChI is InChI=1S/C24H27N3O6/c1-15-6-5-7-17(12-15)27-22(28)11-9-18(26-27)24(30)25-19(14-23(29)33-4)16-8-10-20(31-2)21(13-16)32-3/h5-8,10,12-13,19H,9,11,14H2,1-4H3,(H,25,30)/t19-/m0/s1. The zero-order chi connectivity index (χ0) is 24.0. The molecule has 0 aromatic heterocycles. The third kappa shape index (κ3) is 5.68. The number of carbonyl (C=O) groups is 3. The maximum absolute atomic E-state index is 13.1. The number of hydrogen-bond donors (Lipinski definition) is 1. The molecule has 0 fully saturated rings. The van der Waals surface area contributed by atoms with Gasteiger partial charge in [0.05, 0.1) is 39.5 Å². The molecule has 0 saturated heterocycles. The second-order valence-electron chi connectivity index (χ2n) is 7.51. The lowest BCUT2D eigenvalue weighted by Crippen LogP contribution is -2.41. The Kier molecular flexibility index (Phi) is 7.66. The van der Waals surface area contributed by atoms with Gasteiger partial charge in [0.2, 0.25) is 5.91 Å². The number of anilines is 1. The van der Waals surface area contributed by atoms with Crippen LogP contribution in [0, 0.1) is 6.92 Å². The van der Waals surface area contributed by atoms with Crippen LogP contribution >= 0.6 is 0 Å². The number of rotatable bonds is 8. The smallest absolute Gasteiger partial charge is 0.307 e. The Balaban J connectivity index is 1.88. The number of amides is 2. The molecule has 0 spiro atoms. The highest BCUT2D eigenvalue weighted by Gasteiger charge is 2.28. The lowest BCUT2D eigenvalue weighted by atomic mass is 10.0. The van der Waals surface area contributed by atoms with Crippen molar-refractivity contribution in [3.8, 4) is 11.5 Å². The Morgan fingerprint density at radius 1 is 1.06 bits per heavy atom. The highest BCUT2D eigenvalue weighted by molar-refractivity contribution is 6.40. The van der Waals surface area contributed by atoms with E-state index in [0.29, 0.717) is 22.7 Å². The highest BCUT2D eigenvalue weighted by atomic mass is 16.5. The predicted octanol–water partition coefficient (Wildman–Crippen LogP) is 2.92. The number of hydrazone groups is 1. The number of esters is 1. The molecule has 1 atom stereocenters. The van der Waals surface area contributed by atoms with Crippen molar-refractivity contribution < 1.29 is 28.6 Å². The number of nitrogens with zero attached hydrogens (tertiary/aromatic N) is 2. The van der Waals surface area contributed by atoms with Crippen molar-refractivity contribution in [3.63, 3.8) is 0 Å². The van der Waals surface area contributed by atoms with E-state index in [-0.39, 0.29) is 30.9 Å². The number of hydrogen-bond acceptors (Lipinski definition) is 7. The van der Waals surface area contributed by atoms with Gasteiger partial charge in [0.1, 0.15) is 5.71 Å². The Bertz CT molecular complexity index is 1080. The molecule has 9 nitrogen and oxygen atoms in total. The first-order valence-corrected chi connectivity index (χ1v) is 10.4. The summed E-state index contributed by atoms with van der Waals surface area (Å²) >= 11 is 0. The van der Waals surface area contributed by atoms with Gasteiger partial charge in [-0.2, -0.15) is 5.10 Å². The molecule has 2 aromatic carbocycles. The number of methoxy groups -OCH3 is 3. The van der Waals surface area contributed by atoms with Crippen LogP contribution in [0.15, 0.2) is 47.6 Å². The molecule has 174 valence electrons. The number of aryl methyl sites for hydroxylation is 1. The zero-order valence-corrected chi connectivity index (χ0v) is 19.1. The van der Waals surface area contributed by atoms with Crippen molar-refractivity contribution in [2.45, 2.75) is 32.2 Å². The van der Waals surface area contributed by atoms with Crippen LogP contribution in [0.4, 0.5) is 5.69 Å². The van der Waals surface area contributed by atoms with Crippen LogP contribution in [0.25, 0.3) is 0 Å². The van der Waals surface area contributed by atoms with Gasteiger partial charge in [-0.15, -0.1) is 0 Å². The molecule has 1 aliphatic rings. The van der Waals surface area contributed by atoms with Crippen LogP contribution in [0.1, 0.15) is 36.4 Å². The molecule has 3 rings (SSSR count). The van der Waals surface area contributed by atoms with Gasteiger partial charge in [-0.25, -0.2) is 5.01 Å². The van der Waals surface area contributed by atoms with Crippen molar-refractivity contribution in [1.29, 1.82) is 0 Å². The molecule has 9 heteroatoms. The SMILES string of the molecule is COC(=O)C[C@H](NC(=O)C1=NN(c2cccc(C)c2)C(=O)CC1)c1ccc(OC)c(OC)c1. The van der Waals surface area contributed by atoms with Crippen LogP contribution in [0.2, 0.25) is 0 Å². The van der Waals surface area contributed by atoms with Crippen molar-refractivity contribution in [2.75, 3.05) is 26.3 Å². The average molecular weight is 453 g/mol. The summed E-state index contributed by atoms with van der Waals surface area (Å²) in [5.41, 5.74) is 2.40. The van der Waals surface area contributed by atoms with Crippen LogP contribution < -0.4 is 19.8 Å². The fourth-order valence-corrected chi connectivity index (χ4v) is 3.49. The minimum atomic E-state index is -0.697. The van der Waals surface area contributed by atoms with Gasteiger partial charge < -0.3 is 19.5 Å². The minimum absolute atomic E-state index is 0.0917. The molecule has 1 N–H and O–H groups in total. The summed E-state index contributed by atoms with van der Waals surface area (Å²) in [7, 11) is 4.31. The van der Waals surface area contributed by atoms with E-state index < -0.39 is 17.9 Å². The molecule has 0 bridgehead atoms. The first-order valence-electron chi connectivity index (χ1n) is 10.4. The highest BCUT2D eigenvalue weighted by Crippen LogP contribution is 2.31. The molecule has 0 unspecified atom stereocenters. The van der Waals surface area contributed by atoms with Gasteiger partial charge in [0, 0.05) is 12.8 Å². The largest absolute Gasteiger partial charge is 0.493 e. The number of carbonyl (C=O) groups excluding carboxylic acids is 3. The quantitative estimate of drug-likeness (QED) is 0.616. The fraction of sp³-hybridized carbons (Fsp3) is 0.333. The normalized spacial score (nSPS) is 14.2. The van der Waals surface area contributed by atoms with Gasteiger partial charge in [0.25, 0.3) is 5.91 Å². The molecular formula is C24H27N3O6. The van der Waals surface area contributed by atoms with E-state index in [2.05, 4.69) is 10.4 Å². The number of nitrogens with one attached hydrogen (secondary N) is 1. The monoisotopic (exact) mass is 453 g/mol. The summed E-state index contributed by atoms with van der Waals surface area (Å²) < 4.78 is 15.4. The first kappa shape index (κ1) is 23.8. The fourth-order valence-electron chi connectivity index (χ4n) is 3.49. The van der Waals surface area contributed by atoms with E-state index >= 15 is 0 Å². The Labute approximate surface area is 192 Å². The third-order valence-electron chi connectivity index (χ3n) is 5.25. The van der Waals surface area contributed by atoms with Crippen molar-refractivity contribution in [3.05, 3.63) is 53.6 Å². The number of benzene rings is 2. The van der Waals surface area contributed by atoms with Crippen molar-refractivity contribution in [2.24, 2.45) is 5.10 Å². The third-order valence-corrected chi connectivity index (χ3v) is 5.25. The van der Waals surface area contributed by atoms with Crippen LogP contribution in [-0.2, 0) is 19.1 Å². The Hall–Kier alpha value is -3.88. The minimum Gasteiger partial charge on any atom is -0.493 e. The van der Waals surface area contributed by atoms with Crippen LogP contribution in [-0.4, -0.2) is 44.8 Å². The van der Waals surface area contributed by atoms with Crippen molar-refractivity contribution in [1.82, 2.24) is 5.32 Å². The predicted molar refractivity (Wildman–Crippen MR) is 122 cm³/mol. The molecular weight excluding hydrogens is 426 g/mol. The van der Waals surface area contributed by atoms with Crippen LogP contribution in [0.5, 0.6) is 11.5 Å². The number of ether oxygens (including phenoxy) is 3. The summed E-state index contributed by atoms with van der Waals surface area (Å²) in [6.45, 7) is 1.91. The van der Waals surface area contributed by atoms with Gasteiger partial charge in [-0.3, -0.25) is 14.4 Å². The summed E-state index contributed by atoms with van der Waals surface area (Å²) in [6.07, 6.45) is 0.258. The Morgan fingerprint density at radius 3 is 2.48 bits per heavy atom. The second kappa shape index (κ2) is 10.6. The average Bonchev–Trinajstić information content (AvgIpc) is 2.83. The van der Waals surface area contributed by atoms with E-state index in [9.17, 15) is 14.4 Å². The summed E-state index contributed by atoms with van der Waals surface area (Å²) in [5, 5.41) is 8.41. The molecule has 2 amide bonds. The van der Waals surface area contributed by atoms with E-state index in [1.54, 1.807) is 24.3 Å². The van der Waals surface area contributed by atoms with E-state index in [4.69, 9.17) is 14.2 Å². The lowest BCUT2D eigenvalue weighted by molar-refractivity contribution is -0.141. The van der Waals surface area contributed by atoms with E-state index in [0.717, 1.165) is 5.56 Å². The molecule has 0 radical (unpaired) electrons. The van der Waals surface area contributed by atoms with Gasteiger partial charge in [-0.05, 0) is 42.3 Å². The molecule has 0 aliphatic carbocycles. The van der Waals surface area contributed by atoms with Gasteiger partial charge >= 0.3 is 5.97 Å². The topological polar surface area (TPSA) is 107 Å². The van der Waals surface area contributed by atoms with Gasteiger partial charge in [0.15, 0.2) is 11.5 Å². The van der Waals surface area contributed by atoms with Gasteiger partial charge in [-0.1, -0.05) is 18.2 Å². The summed E-state index contributed by atoms with van der Waals surface area (Å²) in [4.78, 5) is 37.6. The van der Waals surface area contributed by atoms with E-state index in [1.165, 1.54) is 26.3 Å². The summed E-state index contributed by atoms with van der Waals surface area (Å²) in [5.74, 6) is -0.164. The summed E-state index contributed by atoms with van der Waals surface area (Å²) in [6, 6.07) is 11.8. The lowest BCUT2D eigenvalue weighted by Gasteiger charge is -2.25. The maximum atomic E-state index is 13.1. The zero-order valence-electron chi connectivity index (χ0n) is 19.1. The van der Waals surface area contributed by atoms with Crippen molar-refractivity contribution >= 4 is 29.2 Å². The first-order chi connectivity index (χ1) is 15.9. The maximum Gasteiger partial charge on any atom is 0.307 e. The molecule has 2 aromatic rings. The van der Waals surface area contributed by atoms with E-state index in [1.807, 2.05) is 25.1 Å². The molecule has 33 heavy (non-hydrogen) atoms. The second-order valence-corrected chi connectivity index (χ2v) is 7.51.